The number of hydrogen-bond donors (Lipinski definition) is 0. The molecule has 0 aromatic heterocycles. The second-order valence-electron chi connectivity index (χ2n) is 5.42. The van der Waals surface area contributed by atoms with Gasteiger partial charge in [0, 0.05) is 17.4 Å². The first-order valence-corrected chi connectivity index (χ1v) is 6.52. The molecular formula is C14H20O4. The van der Waals surface area contributed by atoms with Gasteiger partial charge in [-0.15, -0.1) is 0 Å². The maximum absolute atomic E-state index is 11.7. The lowest BCUT2D eigenvalue weighted by molar-refractivity contribution is -0.163. The fraction of sp³-hybridized carbons (Fsp3) is 0.714. The molecule has 5 unspecified atom stereocenters. The van der Waals surface area contributed by atoms with E-state index in [2.05, 4.69) is 6.58 Å². The Hall–Kier alpha value is -1.32. The highest BCUT2D eigenvalue weighted by Gasteiger charge is 2.54. The molecule has 1 heterocycles. The van der Waals surface area contributed by atoms with Crippen molar-refractivity contribution in [3.63, 3.8) is 0 Å². The van der Waals surface area contributed by atoms with Gasteiger partial charge in [-0.05, 0) is 19.8 Å². The number of ether oxygens (including phenoxy) is 2. The normalized spacial score (nSPS) is 38.2. The third-order valence-corrected chi connectivity index (χ3v) is 4.17. The van der Waals surface area contributed by atoms with Crippen molar-refractivity contribution in [3.05, 3.63) is 12.2 Å². The van der Waals surface area contributed by atoms with Crippen LogP contribution in [0.2, 0.25) is 0 Å². The highest BCUT2D eigenvalue weighted by Crippen LogP contribution is 2.44. The van der Waals surface area contributed by atoms with E-state index >= 15 is 0 Å². The van der Waals surface area contributed by atoms with Crippen molar-refractivity contribution in [1.29, 1.82) is 0 Å². The molecule has 0 spiro atoms. The molecule has 0 amide bonds. The van der Waals surface area contributed by atoms with Gasteiger partial charge in [-0.25, -0.2) is 4.79 Å². The van der Waals surface area contributed by atoms with Gasteiger partial charge in [-0.1, -0.05) is 20.4 Å². The van der Waals surface area contributed by atoms with Gasteiger partial charge < -0.3 is 9.47 Å². The molecule has 18 heavy (non-hydrogen) atoms. The number of carbonyl (C=O) groups is 2. The van der Waals surface area contributed by atoms with Gasteiger partial charge in [0.15, 0.2) is 0 Å². The Morgan fingerprint density at radius 3 is 2.78 bits per heavy atom. The molecule has 2 fully saturated rings. The minimum absolute atomic E-state index is 0.0280. The number of fused-ring (bicyclic) bond motifs is 2. The van der Waals surface area contributed by atoms with E-state index in [1.807, 2.05) is 13.8 Å². The van der Waals surface area contributed by atoms with E-state index in [9.17, 15) is 9.59 Å². The van der Waals surface area contributed by atoms with Crippen LogP contribution in [0, 0.1) is 17.8 Å². The standard InChI is InChI=1S/C14H20O4/c1-5-9-6-10-8(4)11(17-14(10)16)12(9)18-13(15)7(2)3/h8-12H,2,5-6H2,1,3-4H3. The summed E-state index contributed by atoms with van der Waals surface area (Å²) in [6.45, 7) is 9.25. The molecule has 100 valence electrons. The molecule has 4 heteroatoms. The summed E-state index contributed by atoms with van der Waals surface area (Å²) in [6.07, 6.45) is 1.02. The topological polar surface area (TPSA) is 52.6 Å². The molecule has 2 rings (SSSR count). The maximum atomic E-state index is 11.7. The first-order chi connectivity index (χ1) is 8.45. The zero-order chi connectivity index (χ0) is 13.4. The minimum atomic E-state index is -0.396. The maximum Gasteiger partial charge on any atom is 0.333 e. The average Bonchev–Trinajstić information content (AvgIpc) is 2.51. The predicted octanol–water partition coefficient (Wildman–Crippen LogP) is 2.08. The fourth-order valence-electron chi connectivity index (χ4n) is 2.96. The van der Waals surface area contributed by atoms with Crippen LogP contribution in [0.15, 0.2) is 12.2 Å². The molecule has 0 radical (unpaired) electrons. The van der Waals surface area contributed by atoms with Crippen molar-refractivity contribution >= 4 is 11.9 Å². The van der Waals surface area contributed by atoms with Crippen molar-refractivity contribution < 1.29 is 19.1 Å². The first kappa shape index (κ1) is 13.1. The van der Waals surface area contributed by atoms with Crippen LogP contribution in [0.3, 0.4) is 0 Å². The Balaban J connectivity index is 2.18. The zero-order valence-corrected chi connectivity index (χ0v) is 11.1. The van der Waals surface area contributed by atoms with Crippen molar-refractivity contribution in [2.75, 3.05) is 0 Å². The van der Waals surface area contributed by atoms with Gasteiger partial charge in [0.1, 0.15) is 12.2 Å². The summed E-state index contributed by atoms with van der Waals surface area (Å²) >= 11 is 0. The van der Waals surface area contributed by atoms with Crippen LogP contribution in [-0.2, 0) is 19.1 Å². The average molecular weight is 252 g/mol. The highest BCUT2D eigenvalue weighted by atomic mass is 16.6. The van der Waals surface area contributed by atoms with Crippen molar-refractivity contribution in [2.24, 2.45) is 17.8 Å². The SMILES string of the molecule is C=C(C)C(=O)OC1C(CC)CC2C(=O)OC1C2C. The van der Waals surface area contributed by atoms with Crippen molar-refractivity contribution in [2.45, 2.75) is 45.8 Å². The number of esters is 2. The minimum Gasteiger partial charge on any atom is -0.458 e. The van der Waals surface area contributed by atoms with Gasteiger partial charge in [0.05, 0.1) is 5.92 Å². The Morgan fingerprint density at radius 1 is 1.56 bits per heavy atom. The van der Waals surface area contributed by atoms with Gasteiger partial charge in [0.25, 0.3) is 0 Å². The number of carbonyl (C=O) groups excluding carboxylic acids is 2. The molecule has 0 aromatic carbocycles. The summed E-state index contributed by atoms with van der Waals surface area (Å²) in [5, 5.41) is 0. The largest absolute Gasteiger partial charge is 0.458 e. The van der Waals surface area contributed by atoms with Crippen LogP contribution < -0.4 is 0 Å². The summed E-state index contributed by atoms with van der Waals surface area (Å²) in [4.78, 5) is 23.4. The molecule has 5 atom stereocenters. The van der Waals surface area contributed by atoms with E-state index in [1.54, 1.807) is 6.92 Å². The summed E-state index contributed by atoms with van der Waals surface area (Å²) in [5.41, 5.74) is 0.379. The highest BCUT2D eigenvalue weighted by molar-refractivity contribution is 5.87. The Bertz CT molecular complexity index is 387. The molecule has 1 aliphatic heterocycles. The Kier molecular flexibility index (Phi) is 3.46. The molecule has 1 aliphatic carbocycles. The first-order valence-electron chi connectivity index (χ1n) is 6.52. The van der Waals surface area contributed by atoms with E-state index in [0.717, 1.165) is 12.8 Å². The summed E-state index contributed by atoms with van der Waals surface area (Å²) < 4.78 is 10.9. The molecule has 2 bridgehead atoms. The molecule has 2 aliphatic rings. The van der Waals surface area contributed by atoms with Crippen LogP contribution in [-0.4, -0.2) is 24.1 Å². The van der Waals surface area contributed by atoms with E-state index in [4.69, 9.17) is 9.47 Å². The molecule has 0 aromatic rings. The third-order valence-electron chi connectivity index (χ3n) is 4.17. The van der Waals surface area contributed by atoms with Crippen LogP contribution in [0.1, 0.15) is 33.6 Å². The molecular weight excluding hydrogens is 232 g/mol. The lowest BCUT2D eigenvalue weighted by atomic mass is 9.72. The van der Waals surface area contributed by atoms with Crippen LogP contribution in [0.5, 0.6) is 0 Å². The molecule has 1 saturated heterocycles. The van der Waals surface area contributed by atoms with Gasteiger partial charge in [-0.3, -0.25) is 4.79 Å². The van der Waals surface area contributed by atoms with Gasteiger partial charge in [0.2, 0.25) is 0 Å². The Morgan fingerprint density at radius 2 is 2.22 bits per heavy atom. The summed E-state index contributed by atoms with van der Waals surface area (Å²) in [7, 11) is 0. The molecule has 0 N–H and O–H groups in total. The van der Waals surface area contributed by atoms with E-state index in [0.29, 0.717) is 5.57 Å². The van der Waals surface area contributed by atoms with Crippen LogP contribution in [0.25, 0.3) is 0 Å². The van der Waals surface area contributed by atoms with E-state index in [-0.39, 0.29) is 35.9 Å². The van der Waals surface area contributed by atoms with Gasteiger partial charge in [-0.2, -0.15) is 0 Å². The van der Waals surface area contributed by atoms with Crippen molar-refractivity contribution in [1.82, 2.24) is 0 Å². The van der Waals surface area contributed by atoms with Gasteiger partial charge >= 0.3 is 11.9 Å². The lowest BCUT2D eigenvalue weighted by Crippen LogP contribution is -2.45. The quantitative estimate of drug-likeness (QED) is 0.570. The third kappa shape index (κ3) is 2.04. The molecule has 1 saturated carbocycles. The lowest BCUT2D eigenvalue weighted by Gasteiger charge is -2.36. The second kappa shape index (κ2) is 4.75. The molecule has 4 nitrogen and oxygen atoms in total. The number of hydrogen-bond acceptors (Lipinski definition) is 4. The monoisotopic (exact) mass is 252 g/mol. The van der Waals surface area contributed by atoms with Crippen molar-refractivity contribution in [3.8, 4) is 0 Å². The van der Waals surface area contributed by atoms with E-state index < -0.39 is 5.97 Å². The zero-order valence-electron chi connectivity index (χ0n) is 11.1. The summed E-state index contributed by atoms with van der Waals surface area (Å²) in [5.74, 6) is -0.235. The Labute approximate surface area is 107 Å². The van der Waals surface area contributed by atoms with E-state index in [1.165, 1.54) is 0 Å². The predicted molar refractivity (Wildman–Crippen MR) is 65.6 cm³/mol. The number of rotatable bonds is 3. The smallest absolute Gasteiger partial charge is 0.333 e. The second-order valence-corrected chi connectivity index (χ2v) is 5.42. The van der Waals surface area contributed by atoms with Crippen LogP contribution in [0.4, 0.5) is 0 Å². The fourth-order valence-corrected chi connectivity index (χ4v) is 2.96. The summed E-state index contributed by atoms with van der Waals surface area (Å²) in [6, 6.07) is 0. The van der Waals surface area contributed by atoms with Crippen LogP contribution >= 0.6 is 0 Å².